The zero-order valence-corrected chi connectivity index (χ0v) is 22.7. The average molecular weight is 607 g/mol. The van der Waals surface area contributed by atoms with Crippen molar-refractivity contribution < 1.29 is 22.0 Å². The lowest BCUT2D eigenvalue weighted by molar-refractivity contribution is 0.0996. The molecule has 0 aliphatic carbocycles. The third kappa shape index (κ3) is 4.71. The lowest BCUT2D eigenvalue weighted by atomic mass is 10.2. The van der Waals surface area contributed by atoms with Gasteiger partial charge >= 0.3 is 0 Å². The number of hydrogen-bond donors (Lipinski definition) is 3. The first-order valence-corrected chi connectivity index (χ1v) is 13.9. The highest BCUT2D eigenvalue weighted by atomic mass is 35.5. The molecule has 0 atom stereocenters. The summed E-state index contributed by atoms with van der Waals surface area (Å²) in [7, 11) is -4.31. The Hall–Kier alpha value is -5.21. The van der Waals surface area contributed by atoms with E-state index in [4.69, 9.17) is 17.3 Å². The molecule has 1 amide bonds. The van der Waals surface area contributed by atoms with Crippen molar-refractivity contribution in [2.45, 2.75) is 4.90 Å². The van der Waals surface area contributed by atoms with Crippen LogP contribution < -0.4 is 15.8 Å². The van der Waals surface area contributed by atoms with Crippen molar-refractivity contribution in [1.82, 2.24) is 24.7 Å². The molecule has 3 aromatic carbocycles. The molecule has 0 saturated carbocycles. The van der Waals surface area contributed by atoms with Crippen LogP contribution >= 0.6 is 11.6 Å². The van der Waals surface area contributed by atoms with Crippen molar-refractivity contribution >= 4 is 66.7 Å². The molecule has 15 heteroatoms. The predicted octanol–water partition coefficient (Wildman–Crippen LogP) is 4.94. The molecular formula is C27H17ClF2N8O3S. The van der Waals surface area contributed by atoms with E-state index in [1.165, 1.54) is 29.2 Å². The number of amides is 1. The number of aromatic nitrogens is 5. The number of sulfonamides is 1. The largest absolute Gasteiger partial charge is 0.364 e. The standard InChI is InChI=1S/C27H17ClF2N8O3S/c28-15-6-2-4-8-20(15)42(40,41)37-17-10-9-16(29)24(22(17)30)35-27-25-18(32-13-33-27)11-12-21(34-25)38-19-7-3-1-5-14(19)23(36-38)26(31)39/h1-13,37H,(H2,31,39)(H,32,33,35). The molecule has 210 valence electrons. The fraction of sp³-hybridized carbons (Fsp3) is 0. The van der Waals surface area contributed by atoms with Gasteiger partial charge in [0.05, 0.1) is 21.7 Å². The Morgan fingerprint density at radius 1 is 0.952 bits per heavy atom. The van der Waals surface area contributed by atoms with Gasteiger partial charge in [-0.25, -0.2) is 36.8 Å². The summed E-state index contributed by atoms with van der Waals surface area (Å²) in [4.78, 5) is 24.5. The fourth-order valence-electron chi connectivity index (χ4n) is 4.29. The number of hydrogen-bond acceptors (Lipinski definition) is 8. The second-order valence-electron chi connectivity index (χ2n) is 8.85. The Morgan fingerprint density at radius 2 is 1.71 bits per heavy atom. The lowest BCUT2D eigenvalue weighted by Gasteiger charge is -2.14. The van der Waals surface area contributed by atoms with Crippen molar-refractivity contribution in [3.05, 3.63) is 101 Å². The Kier molecular flexibility index (Phi) is 6.63. The van der Waals surface area contributed by atoms with Gasteiger partial charge in [0, 0.05) is 5.39 Å². The number of primary amides is 1. The molecule has 11 nitrogen and oxygen atoms in total. The van der Waals surface area contributed by atoms with Crippen molar-refractivity contribution in [3.63, 3.8) is 0 Å². The molecule has 0 aliphatic heterocycles. The Labute approximate surface area is 241 Å². The average Bonchev–Trinajstić information content (AvgIpc) is 3.37. The van der Waals surface area contributed by atoms with Gasteiger partial charge in [0.2, 0.25) is 0 Å². The van der Waals surface area contributed by atoms with Crippen LogP contribution in [0.3, 0.4) is 0 Å². The molecule has 0 radical (unpaired) electrons. The third-order valence-corrected chi connectivity index (χ3v) is 8.08. The maximum atomic E-state index is 15.6. The van der Waals surface area contributed by atoms with Gasteiger partial charge in [-0.2, -0.15) is 5.10 Å². The quantitative estimate of drug-likeness (QED) is 0.231. The second kappa shape index (κ2) is 10.3. The Balaban J connectivity index is 1.42. The van der Waals surface area contributed by atoms with Crippen LogP contribution in [0.4, 0.5) is 26.0 Å². The van der Waals surface area contributed by atoms with Crippen molar-refractivity contribution in [2.75, 3.05) is 10.0 Å². The number of anilines is 3. The van der Waals surface area contributed by atoms with Crippen molar-refractivity contribution in [2.24, 2.45) is 5.73 Å². The van der Waals surface area contributed by atoms with Crippen molar-refractivity contribution in [3.8, 4) is 5.82 Å². The predicted molar refractivity (Wildman–Crippen MR) is 152 cm³/mol. The van der Waals surface area contributed by atoms with E-state index >= 15 is 4.39 Å². The number of fused-ring (bicyclic) bond motifs is 2. The number of carbonyl (C=O) groups is 1. The molecule has 3 aromatic heterocycles. The van der Waals surface area contributed by atoms with Crippen LogP contribution in [0.1, 0.15) is 10.5 Å². The van der Waals surface area contributed by atoms with Gasteiger partial charge in [-0.3, -0.25) is 9.52 Å². The molecule has 6 aromatic rings. The van der Waals surface area contributed by atoms with E-state index in [1.54, 1.807) is 42.5 Å². The number of carbonyl (C=O) groups excluding carboxylic acids is 1. The number of benzene rings is 3. The summed E-state index contributed by atoms with van der Waals surface area (Å²) in [5, 5.41) is 7.31. The minimum Gasteiger partial charge on any atom is -0.364 e. The van der Waals surface area contributed by atoms with Gasteiger partial charge in [0.15, 0.2) is 23.1 Å². The van der Waals surface area contributed by atoms with Gasteiger partial charge < -0.3 is 11.1 Å². The van der Waals surface area contributed by atoms with Gasteiger partial charge in [0.25, 0.3) is 15.9 Å². The highest BCUT2D eigenvalue weighted by molar-refractivity contribution is 7.92. The van der Waals surface area contributed by atoms with E-state index in [0.717, 1.165) is 12.1 Å². The lowest BCUT2D eigenvalue weighted by Crippen LogP contribution is -2.15. The minimum absolute atomic E-state index is 0.0374. The number of rotatable bonds is 7. The normalized spacial score (nSPS) is 11.6. The minimum atomic E-state index is -4.31. The molecule has 4 N–H and O–H groups in total. The third-order valence-electron chi connectivity index (χ3n) is 6.21. The fourth-order valence-corrected chi connectivity index (χ4v) is 5.87. The summed E-state index contributed by atoms with van der Waals surface area (Å²) in [5.74, 6) is -2.84. The maximum Gasteiger partial charge on any atom is 0.269 e. The zero-order valence-electron chi connectivity index (χ0n) is 21.1. The number of pyridine rings is 1. The number of nitrogens with two attached hydrogens (primary N) is 1. The van der Waals surface area contributed by atoms with E-state index in [9.17, 15) is 17.6 Å². The Morgan fingerprint density at radius 3 is 2.50 bits per heavy atom. The zero-order chi connectivity index (χ0) is 29.6. The van der Waals surface area contributed by atoms with Crippen LogP contribution in [0.5, 0.6) is 0 Å². The monoisotopic (exact) mass is 606 g/mol. The van der Waals surface area contributed by atoms with Crippen LogP contribution in [0.15, 0.2) is 84.0 Å². The number of nitrogens with zero attached hydrogens (tertiary/aromatic N) is 5. The van der Waals surface area contributed by atoms with Gasteiger partial charge in [-0.15, -0.1) is 0 Å². The molecule has 42 heavy (non-hydrogen) atoms. The van der Waals surface area contributed by atoms with Gasteiger partial charge in [0.1, 0.15) is 28.2 Å². The summed E-state index contributed by atoms with van der Waals surface area (Å²) in [6.45, 7) is 0. The van der Waals surface area contributed by atoms with Gasteiger partial charge in [-0.1, -0.05) is 41.9 Å². The SMILES string of the molecule is NC(=O)c1nn(-c2ccc3ncnc(Nc4c(F)ccc(NS(=O)(=O)c5ccccc5Cl)c4F)c3n2)c2ccccc12. The summed E-state index contributed by atoms with van der Waals surface area (Å²) < 4.78 is 59.7. The van der Waals surface area contributed by atoms with Crippen LogP contribution in [0, 0.1) is 11.6 Å². The second-order valence-corrected chi connectivity index (χ2v) is 10.9. The molecule has 0 saturated heterocycles. The van der Waals surface area contributed by atoms with Gasteiger partial charge in [-0.05, 0) is 42.5 Å². The van der Waals surface area contributed by atoms with E-state index in [2.05, 4.69) is 30.1 Å². The first-order chi connectivity index (χ1) is 20.1. The molecule has 0 fully saturated rings. The Bertz CT molecular complexity index is 2160. The first-order valence-electron chi connectivity index (χ1n) is 12.1. The van der Waals surface area contributed by atoms with E-state index in [0.29, 0.717) is 16.4 Å². The summed E-state index contributed by atoms with van der Waals surface area (Å²) in [6.07, 6.45) is 1.17. The molecule has 0 spiro atoms. The molecular weight excluding hydrogens is 590 g/mol. The highest BCUT2D eigenvalue weighted by Gasteiger charge is 2.23. The topological polar surface area (TPSA) is 158 Å². The molecule has 0 unspecified atom stereocenters. The maximum absolute atomic E-state index is 15.6. The first kappa shape index (κ1) is 27.0. The van der Waals surface area contributed by atoms with E-state index in [1.807, 2.05) is 0 Å². The molecule has 0 aliphatic rings. The van der Waals surface area contributed by atoms with Crippen LogP contribution in [-0.4, -0.2) is 39.1 Å². The van der Waals surface area contributed by atoms with Crippen LogP contribution in [-0.2, 0) is 10.0 Å². The van der Waals surface area contributed by atoms with Crippen molar-refractivity contribution in [1.29, 1.82) is 0 Å². The van der Waals surface area contributed by atoms with Crippen LogP contribution in [0.25, 0.3) is 27.8 Å². The molecule has 0 bridgehead atoms. The number of para-hydroxylation sites is 1. The van der Waals surface area contributed by atoms with Crippen LogP contribution in [0.2, 0.25) is 5.02 Å². The smallest absolute Gasteiger partial charge is 0.269 e. The highest BCUT2D eigenvalue weighted by Crippen LogP contribution is 2.32. The molecule has 3 heterocycles. The molecule has 6 rings (SSSR count). The summed E-state index contributed by atoms with van der Waals surface area (Å²) in [6, 6.07) is 17.5. The summed E-state index contributed by atoms with van der Waals surface area (Å²) in [5.41, 5.74) is 5.28. The number of halogens is 3. The van der Waals surface area contributed by atoms with E-state index < -0.39 is 38.9 Å². The van der Waals surface area contributed by atoms with E-state index in [-0.39, 0.29) is 32.8 Å². The summed E-state index contributed by atoms with van der Waals surface area (Å²) >= 11 is 6.00. The number of nitrogens with one attached hydrogen (secondary N) is 2.